The summed E-state index contributed by atoms with van der Waals surface area (Å²) in [7, 11) is 1.99. The number of rotatable bonds is 3. The number of nitrogens with one attached hydrogen (secondary N) is 1. The predicted molar refractivity (Wildman–Crippen MR) is 69.8 cm³/mol. The molecular weight excluding hydrogens is 212 g/mol. The van der Waals surface area contributed by atoms with Gasteiger partial charge in [0.2, 0.25) is 5.91 Å². The number of carbonyl (C=O) groups is 1. The number of piperidine rings is 1. The monoisotopic (exact) mass is 238 g/mol. The summed E-state index contributed by atoms with van der Waals surface area (Å²) in [4.78, 5) is 14.3. The SMILES string of the molecule is CC1CC(C(=O)N(C)CC2CCCC2)CCN1. The van der Waals surface area contributed by atoms with Crippen molar-refractivity contribution in [1.82, 2.24) is 10.2 Å². The Morgan fingerprint density at radius 2 is 2.00 bits per heavy atom. The first-order valence-corrected chi connectivity index (χ1v) is 7.15. The van der Waals surface area contributed by atoms with Crippen LogP contribution in [0.25, 0.3) is 0 Å². The molecule has 98 valence electrons. The third-order valence-electron chi connectivity index (χ3n) is 4.36. The summed E-state index contributed by atoms with van der Waals surface area (Å²) in [6.07, 6.45) is 7.38. The lowest BCUT2D eigenvalue weighted by Crippen LogP contribution is -2.43. The largest absolute Gasteiger partial charge is 0.345 e. The summed E-state index contributed by atoms with van der Waals surface area (Å²) in [6, 6.07) is 0.498. The Labute approximate surface area is 105 Å². The van der Waals surface area contributed by atoms with Gasteiger partial charge < -0.3 is 10.2 Å². The molecule has 2 unspecified atom stereocenters. The fourth-order valence-corrected chi connectivity index (χ4v) is 3.34. The topological polar surface area (TPSA) is 32.3 Å². The number of nitrogens with zero attached hydrogens (tertiary/aromatic N) is 1. The highest BCUT2D eigenvalue weighted by Gasteiger charge is 2.28. The van der Waals surface area contributed by atoms with Gasteiger partial charge in [-0.15, -0.1) is 0 Å². The average Bonchev–Trinajstić information content (AvgIpc) is 2.80. The van der Waals surface area contributed by atoms with Gasteiger partial charge in [-0.25, -0.2) is 0 Å². The van der Waals surface area contributed by atoms with Gasteiger partial charge in [0, 0.05) is 25.6 Å². The van der Waals surface area contributed by atoms with E-state index in [2.05, 4.69) is 12.2 Å². The molecule has 0 radical (unpaired) electrons. The Morgan fingerprint density at radius 1 is 1.29 bits per heavy atom. The molecule has 0 aromatic carbocycles. The van der Waals surface area contributed by atoms with E-state index in [0.717, 1.165) is 31.8 Å². The van der Waals surface area contributed by atoms with Crippen LogP contribution in [0.4, 0.5) is 0 Å². The molecule has 0 aromatic heterocycles. The number of carbonyl (C=O) groups excluding carboxylic acids is 1. The maximum atomic E-state index is 12.3. The first-order valence-electron chi connectivity index (χ1n) is 7.15. The molecule has 1 aliphatic carbocycles. The molecule has 2 aliphatic rings. The second-order valence-corrected chi connectivity index (χ2v) is 5.95. The van der Waals surface area contributed by atoms with Crippen LogP contribution in [0, 0.1) is 11.8 Å². The Balaban J connectivity index is 1.81. The molecule has 1 heterocycles. The molecule has 3 heteroatoms. The van der Waals surface area contributed by atoms with E-state index in [4.69, 9.17) is 0 Å². The second kappa shape index (κ2) is 5.85. The van der Waals surface area contributed by atoms with Crippen LogP contribution in [0.3, 0.4) is 0 Å². The van der Waals surface area contributed by atoms with Crippen LogP contribution >= 0.6 is 0 Å². The van der Waals surface area contributed by atoms with E-state index in [1.165, 1.54) is 25.7 Å². The van der Waals surface area contributed by atoms with E-state index in [0.29, 0.717) is 11.9 Å². The Kier molecular flexibility index (Phi) is 4.43. The Hall–Kier alpha value is -0.570. The highest BCUT2D eigenvalue weighted by atomic mass is 16.2. The summed E-state index contributed by atoms with van der Waals surface area (Å²) in [5.41, 5.74) is 0. The Bertz CT molecular complexity index is 261. The molecule has 1 N–H and O–H groups in total. The molecule has 0 spiro atoms. The minimum absolute atomic E-state index is 0.262. The van der Waals surface area contributed by atoms with Crippen molar-refractivity contribution in [3.63, 3.8) is 0 Å². The van der Waals surface area contributed by atoms with Gasteiger partial charge in [0.05, 0.1) is 0 Å². The van der Waals surface area contributed by atoms with E-state index < -0.39 is 0 Å². The quantitative estimate of drug-likeness (QED) is 0.816. The molecule has 17 heavy (non-hydrogen) atoms. The van der Waals surface area contributed by atoms with Crippen molar-refractivity contribution in [2.24, 2.45) is 11.8 Å². The van der Waals surface area contributed by atoms with Crippen LogP contribution in [0.15, 0.2) is 0 Å². The lowest BCUT2D eigenvalue weighted by molar-refractivity contribution is -0.135. The average molecular weight is 238 g/mol. The van der Waals surface area contributed by atoms with Gasteiger partial charge in [-0.2, -0.15) is 0 Å². The minimum Gasteiger partial charge on any atom is -0.345 e. The van der Waals surface area contributed by atoms with Crippen LogP contribution in [0.5, 0.6) is 0 Å². The molecule has 3 nitrogen and oxygen atoms in total. The summed E-state index contributed by atoms with van der Waals surface area (Å²) in [6.45, 7) is 4.16. The van der Waals surface area contributed by atoms with Gasteiger partial charge in [-0.1, -0.05) is 12.8 Å². The lowest BCUT2D eigenvalue weighted by Gasteiger charge is -2.31. The van der Waals surface area contributed by atoms with Crippen molar-refractivity contribution in [3.8, 4) is 0 Å². The van der Waals surface area contributed by atoms with E-state index >= 15 is 0 Å². The van der Waals surface area contributed by atoms with Crippen molar-refractivity contribution in [3.05, 3.63) is 0 Å². The molecule has 2 atom stereocenters. The lowest BCUT2D eigenvalue weighted by atomic mass is 9.92. The van der Waals surface area contributed by atoms with Crippen molar-refractivity contribution in [2.75, 3.05) is 20.1 Å². The summed E-state index contributed by atoms with van der Waals surface area (Å²) < 4.78 is 0. The highest BCUT2D eigenvalue weighted by Crippen LogP contribution is 2.26. The molecule has 0 bridgehead atoms. The summed E-state index contributed by atoms with van der Waals surface area (Å²) in [5.74, 6) is 1.41. The molecule has 1 amide bonds. The third-order valence-corrected chi connectivity index (χ3v) is 4.36. The number of hydrogen-bond donors (Lipinski definition) is 1. The van der Waals surface area contributed by atoms with Crippen LogP contribution in [-0.2, 0) is 4.79 Å². The fourth-order valence-electron chi connectivity index (χ4n) is 3.34. The predicted octanol–water partition coefficient (Wildman–Crippen LogP) is 2.02. The molecule has 0 aromatic rings. The molecule has 2 fully saturated rings. The molecule has 1 aliphatic heterocycles. The summed E-state index contributed by atoms with van der Waals surface area (Å²) in [5, 5.41) is 3.41. The van der Waals surface area contributed by atoms with Crippen molar-refractivity contribution in [1.29, 1.82) is 0 Å². The Morgan fingerprint density at radius 3 is 2.65 bits per heavy atom. The van der Waals surface area contributed by atoms with Gasteiger partial charge in [0.25, 0.3) is 0 Å². The van der Waals surface area contributed by atoms with E-state index in [-0.39, 0.29) is 5.92 Å². The first-order chi connectivity index (χ1) is 8.16. The molecule has 1 saturated carbocycles. The summed E-state index contributed by atoms with van der Waals surface area (Å²) >= 11 is 0. The van der Waals surface area contributed by atoms with Gasteiger partial charge >= 0.3 is 0 Å². The van der Waals surface area contributed by atoms with E-state index in [1.54, 1.807) is 0 Å². The zero-order valence-electron chi connectivity index (χ0n) is 11.2. The normalized spacial score (nSPS) is 30.5. The first kappa shape index (κ1) is 12.9. The van der Waals surface area contributed by atoms with Gasteiger partial charge in [0.15, 0.2) is 0 Å². The van der Waals surface area contributed by atoms with Crippen molar-refractivity contribution < 1.29 is 4.79 Å². The van der Waals surface area contributed by atoms with Crippen LogP contribution < -0.4 is 5.32 Å². The van der Waals surface area contributed by atoms with E-state index in [9.17, 15) is 4.79 Å². The van der Waals surface area contributed by atoms with Gasteiger partial charge in [0.1, 0.15) is 0 Å². The third kappa shape index (κ3) is 3.44. The van der Waals surface area contributed by atoms with Crippen molar-refractivity contribution in [2.45, 2.75) is 51.5 Å². The molecule has 1 saturated heterocycles. The number of hydrogen-bond acceptors (Lipinski definition) is 2. The molecular formula is C14H26N2O. The number of amides is 1. The second-order valence-electron chi connectivity index (χ2n) is 5.95. The van der Waals surface area contributed by atoms with Crippen molar-refractivity contribution >= 4 is 5.91 Å². The zero-order valence-corrected chi connectivity index (χ0v) is 11.2. The smallest absolute Gasteiger partial charge is 0.225 e. The fraction of sp³-hybridized carbons (Fsp3) is 0.929. The van der Waals surface area contributed by atoms with Gasteiger partial charge in [-0.05, 0) is 45.1 Å². The van der Waals surface area contributed by atoms with E-state index in [1.807, 2.05) is 11.9 Å². The maximum absolute atomic E-state index is 12.3. The van der Waals surface area contributed by atoms with Crippen LogP contribution in [0.1, 0.15) is 45.4 Å². The van der Waals surface area contributed by atoms with Crippen LogP contribution in [-0.4, -0.2) is 37.0 Å². The zero-order chi connectivity index (χ0) is 12.3. The maximum Gasteiger partial charge on any atom is 0.225 e. The highest BCUT2D eigenvalue weighted by molar-refractivity contribution is 5.78. The van der Waals surface area contributed by atoms with Gasteiger partial charge in [-0.3, -0.25) is 4.79 Å². The standard InChI is InChI=1S/C14H26N2O/c1-11-9-13(7-8-15-11)14(17)16(2)10-12-5-3-4-6-12/h11-13,15H,3-10H2,1-2H3. The van der Waals surface area contributed by atoms with Crippen LogP contribution in [0.2, 0.25) is 0 Å². The minimum atomic E-state index is 0.262. The molecule has 2 rings (SSSR count).